The van der Waals surface area contributed by atoms with Crippen LogP contribution in [-0.4, -0.2) is 50.3 Å². The molecule has 0 aromatic heterocycles. The zero-order valence-corrected chi connectivity index (χ0v) is 13.3. The van der Waals surface area contributed by atoms with E-state index in [0.29, 0.717) is 26.2 Å². The molecule has 1 aliphatic heterocycles. The standard InChI is InChI=1S/C16H23F2N3O2/c1-2-15(13-11-12(17)3-4-14(13)18)20-16(22)19-5-6-21-7-9-23-10-8-21/h3-4,11,15H,2,5-10H2,1H3,(H2,19,20,22)/t15-/m0/s1. The minimum Gasteiger partial charge on any atom is -0.379 e. The lowest BCUT2D eigenvalue weighted by Gasteiger charge is -2.26. The number of urea groups is 1. The molecule has 128 valence electrons. The van der Waals surface area contributed by atoms with Gasteiger partial charge in [0.2, 0.25) is 0 Å². The largest absolute Gasteiger partial charge is 0.379 e. The van der Waals surface area contributed by atoms with Crippen molar-refractivity contribution < 1.29 is 18.3 Å². The Morgan fingerprint density at radius 2 is 2.09 bits per heavy atom. The van der Waals surface area contributed by atoms with Gasteiger partial charge in [0.05, 0.1) is 19.3 Å². The van der Waals surface area contributed by atoms with Crippen LogP contribution in [0.5, 0.6) is 0 Å². The van der Waals surface area contributed by atoms with E-state index in [-0.39, 0.29) is 11.6 Å². The summed E-state index contributed by atoms with van der Waals surface area (Å²) in [6.45, 7) is 6.18. The summed E-state index contributed by atoms with van der Waals surface area (Å²) in [5.74, 6) is -1.04. The number of amides is 2. The van der Waals surface area contributed by atoms with Crippen LogP contribution < -0.4 is 10.6 Å². The fourth-order valence-electron chi connectivity index (χ4n) is 2.54. The molecule has 1 aromatic carbocycles. The van der Waals surface area contributed by atoms with Crippen molar-refractivity contribution >= 4 is 6.03 Å². The molecule has 2 amide bonds. The summed E-state index contributed by atoms with van der Waals surface area (Å²) in [6.07, 6.45) is 0.470. The van der Waals surface area contributed by atoms with Gasteiger partial charge in [0, 0.05) is 31.7 Å². The van der Waals surface area contributed by atoms with Crippen molar-refractivity contribution in [3.8, 4) is 0 Å². The van der Waals surface area contributed by atoms with Crippen LogP contribution in [0.25, 0.3) is 0 Å². The fourth-order valence-corrected chi connectivity index (χ4v) is 2.54. The van der Waals surface area contributed by atoms with Crippen LogP contribution in [0.3, 0.4) is 0 Å². The molecular formula is C16H23F2N3O2. The van der Waals surface area contributed by atoms with Gasteiger partial charge in [-0.25, -0.2) is 13.6 Å². The second-order valence-corrected chi connectivity index (χ2v) is 5.48. The average molecular weight is 327 g/mol. The van der Waals surface area contributed by atoms with Crippen molar-refractivity contribution in [2.24, 2.45) is 0 Å². The third-order valence-corrected chi connectivity index (χ3v) is 3.86. The minimum atomic E-state index is -0.561. The molecule has 2 rings (SSSR count). The first kappa shape index (κ1) is 17.6. The number of rotatable bonds is 6. The third-order valence-electron chi connectivity index (χ3n) is 3.86. The molecule has 1 heterocycles. The molecule has 1 aromatic rings. The van der Waals surface area contributed by atoms with Gasteiger partial charge in [0.1, 0.15) is 11.6 Å². The Labute approximate surface area is 135 Å². The van der Waals surface area contributed by atoms with Crippen LogP contribution in [0.15, 0.2) is 18.2 Å². The normalized spacial score (nSPS) is 16.8. The maximum absolute atomic E-state index is 13.8. The number of morpholine rings is 1. The Kier molecular flexibility index (Phi) is 6.73. The topological polar surface area (TPSA) is 53.6 Å². The number of hydrogen-bond acceptors (Lipinski definition) is 3. The number of halogens is 2. The van der Waals surface area contributed by atoms with E-state index in [2.05, 4.69) is 15.5 Å². The first-order valence-corrected chi connectivity index (χ1v) is 7.89. The summed E-state index contributed by atoms with van der Waals surface area (Å²) in [4.78, 5) is 14.1. The van der Waals surface area contributed by atoms with Gasteiger partial charge in [-0.05, 0) is 24.6 Å². The predicted octanol–water partition coefficient (Wildman–Crippen LogP) is 2.05. The van der Waals surface area contributed by atoms with Crippen molar-refractivity contribution in [3.63, 3.8) is 0 Å². The number of nitrogens with one attached hydrogen (secondary N) is 2. The Hall–Kier alpha value is -1.73. The van der Waals surface area contributed by atoms with Crippen LogP contribution in [0.2, 0.25) is 0 Å². The van der Waals surface area contributed by atoms with E-state index < -0.39 is 17.7 Å². The highest BCUT2D eigenvalue weighted by Gasteiger charge is 2.17. The maximum Gasteiger partial charge on any atom is 0.315 e. The molecule has 5 nitrogen and oxygen atoms in total. The Morgan fingerprint density at radius 1 is 1.35 bits per heavy atom. The number of hydrogen-bond donors (Lipinski definition) is 2. The highest BCUT2D eigenvalue weighted by Crippen LogP contribution is 2.20. The monoisotopic (exact) mass is 327 g/mol. The molecule has 7 heteroatoms. The van der Waals surface area contributed by atoms with E-state index in [4.69, 9.17) is 4.74 Å². The zero-order valence-electron chi connectivity index (χ0n) is 13.3. The first-order chi connectivity index (χ1) is 11.1. The summed E-state index contributed by atoms with van der Waals surface area (Å²) in [7, 11) is 0. The Balaban J connectivity index is 1.81. The van der Waals surface area contributed by atoms with Crippen LogP contribution in [0, 0.1) is 11.6 Å². The van der Waals surface area contributed by atoms with Crippen molar-refractivity contribution in [2.75, 3.05) is 39.4 Å². The molecule has 0 unspecified atom stereocenters. The van der Waals surface area contributed by atoms with Crippen LogP contribution in [0.4, 0.5) is 13.6 Å². The third kappa shape index (κ3) is 5.44. The number of nitrogens with zero attached hydrogens (tertiary/aromatic N) is 1. The average Bonchev–Trinajstić information content (AvgIpc) is 2.56. The Morgan fingerprint density at radius 3 is 2.78 bits per heavy atom. The van der Waals surface area contributed by atoms with Gasteiger partial charge in [-0.15, -0.1) is 0 Å². The van der Waals surface area contributed by atoms with Gasteiger partial charge >= 0.3 is 6.03 Å². The molecule has 0 spiro atoms. The molecule has 0 aliphatic carbocycles. The van der Waals surface area contributed by atoms with E-state index in [1.165, 1.54) is 0 Å². The first-order valence-electron chi connectivity index (χ1n) is 7.89. The van der Waals surface area contributed by atoms with Crippen LogP contribution >= 0.6 is 0 Å². The van der Waals surface area contributed by atoms with Crippen molar-refractivity contribution in [1.82, 2.24) is 15.5 Å². The van der Waals surface area contributed by atoms with Gasteiger partial charge in [-0.1, -0.05) is 6.92 Å². The SMILES string of the molecule is CC[C@H](NC(=O)NCCN1CCOCC1)c1cc(F)ccc1F. The molecule has 0 bridgehead atoms. The fraction of sp³-hybridized carbons (Fsp3) is 0.562. The number of benzene rings is 1. The molecule has 1 saturated heterocycles. The number of carbonyl (C=O) groups is 1. The lowest BCUT2D eigenvalue weighted by atomic mass is 10.0. The van der Waals surface area contributed by atoms with Crippen molar-refractivity contribution in [2.45, 2.75) is 19.4 Å². The Bertz CT molecular complexity index is 522. The van der Waals surface area contributed by atoms with E-state index in [9.17, 15) is 13.6 Å². The van der Waals surface area contributed by atoms with E-state index >= 15 is 0 Å². The summed E-state index contributed by atoms with van der Waals surface area (Å²) in [5, 5.41) is 5.44. The predicted molar refractivity (Wildman–Crippen MR) is 83.2 cm³/mol. The van der Waals surface area contributed by atoms with Crippen molar-refractivity contribution in [3.05, 3.63) is 35.4 Å². The molecule has 0 saturated carbocycles. The smallest absolute Gasteiger partial charge is 0.315 e. The van der Waals surface area contributed by atoms with Gasteiger partial charge in [-0.3, -0.25) is 4.90 Å². The lowest BCUT2D eigenvalue weighted by molar-refractivity contribution is 0.0387. The highest BCUT2D eigenvalue weighted by molar-refractivity contribution is 5.74. The highest BCUT2D eigenvalue weighted by atomic mass is 19.1. The van der Waals surface area contributed by atoms with Crippen LogP contribution in [0.1, 0.15) is 24.9 Å². The molecule has 23 heavy (non-hydrogen) atoms. The van der Waals surface area contributed by atoms with Crippen LogP contribution in [-0.2, 0) is 4.74 Å². The number of carbonyl (C=O) groups excluding carboxylic acids is 1. The summed E-state index contributed by atoms with van der Waals surface area (Å²) in [5.41, 5.74) is 0.163. The molecule has 1 atom stereocenters. The number of ether oxygens (including phenoxy) is 1. The molecule has 2 N–H and O–H groups in total. The minimum absolute atomic E-state index is 0.163. The maximum atomic E-state index is 13.8. The molecule has 1 fully saturated rings. The summed E-state index contributed by atoms with van der Waals surface area (Å²) < 4.78 is 32.3. The van der Waals surface area contributed by atoms with E-state index in [1.807, 2.05) is 6.92 Å². The second kappa shape index (κ2) is 8.79. The second-order valence-electron chi connectivity index (χ2n) is 5.48. The molecule has 0 radical (unpaired) electrons. The molecular weight excluding hydrogens is 304 g/mol. The zero-order chi connectivity index (χ0) is 16.7. The summed E-state index contributed by atoms with van der Waals surface area (Å²) >= 11 is 0. The van der Waals surface area contributed by atoms with Crippen molar-refractivity contribution in [1.29, 1.82) is 0 Å². The van der Waals surface area contributed by atoms with Gasteiger partial charge < -0.3 is 15.4 Å². The quantitative estimate of drug-likeness (QED) is 0.841. The molecule has 1 aliphatic rings. The van der Waals surface area contributed by atoms with E-state index in [0.717, 1.165) is 37.8 Å². The van der Waals surface area contributed by atoms with Gasteiger partial charge in [0.15, 0.2) is 0 Å². The lowest BCUT2D eigenvalue weighted by Crippen LogP contribution is -2.44. The van der Waals surface area contributed by atoms with E-state index in [1.54, 1.807) is 0 Å². The van der Waals surface area contributed by atoms with Gasteiger partial charge in [0.25, 0.3) is 0 Å². The summed E-state index contributed by atoms with van der Waals surface area (Å²) in [6, 6.07) is 2.32. The van der Waals surface area contributed by atoms with Gasteiger partial charge in [-0.2, -0.15) is 0 Å².